The van der Waals surface area contributed by atoms with Gasteiger partial charge in [-0.2, -0.15) is 0 Å². The summed E-state index contributed by atoms with van der Waals surface area (Å²) in [6.07, 6.45) is 0.953. The average Bonchev–Trinajstić information content (AvgIpc) is 2.27. The normalized spacial score (nSPS) is 10.4. The summed E-state index contributed by atoms with van der Waals surface area (Å²) >= 11 is 0. The molecule has 1 aromatic rings. The fourth-order valence-electron chi connectivity index (χ4n) is 1.48. The van der Waals surface area contributed by atoms with Crippen LogP contribution in [0.25, 0.3) is 0 Å². The molecule has 4 heteroatoms. The molecular formula is C13H21N3O. The lowest BCUT2D eigenvalue weighted by Crippen LogP contribution is -2.31. The van der Waals surface area contributed by atoms with Crippen LogP contribution in [0, 0.1) is 6.92 Å². The quantitative estimate of drug-likeness (QED) is 0.767. The predicted octanol–water partition coefficient (Wildman–Crippen LogP) is 2.07. The third-order valence-corrected chi connectivity index (χ3v) is 2.46. The molecule has 0 fully saturated rings. The van der Waals surface area contributed by atoms with E-state index in [0.717, 1.165) is 24.2 Å². The fourth-order valence-corrected chi connectivity index (χ4v) is 1.48. The number of carbonyl (C=O) groups excluding carboxylic acids is 1. The maximum atomic E-state index is 11.6. The van der Waals surface area contributed by atoms with Gasteiger partial charge in [0.1, 0.15) is 0 Å². The second-order valence-corrected chi connectivity index (χ2v) is 4.35. The van der Waals surface area contributed by atoms with Crippen LogP contribution in [-0.2, 0) is 0 Å². The van der Waals surface area contributed by atoms with Gasteiger partial charge in [0.2, 0.25) is 0 Å². The lowest BCUT2D eigenvalue weighted by molar-refractivity contribution is 0.251. The number of hydrogen-bond donors (Lipinski definition) is 2. The van der Waals surface area contributed by atoms with Crippen LogP contribution in [0.2, 0.25) is 0 Å². The number of nitrogens with zero attached hydrogens (tertiary/aromatic N) is 1. The maximum absolute atomic E-state index is 11.6. The molecule has 0 spiro atoms. The number of urea groups is 1. The van der Waals surface area contributed by atoms with Crippen LogP contribution in [0.15, 0.2) is 24.3 Å². The first-order valence-electron chi connectivity index (χ1n) is 5.85. The Labute approximate surface area is 103 Å². The Balaban J connectivity index is 2.28. The standard InChI is InChI=1S/C13H21N3O/c1-11-7-4-5-8-12(11)15-13(17)14-9-6-10-16(2)3/h4-5,7-8H,6,9-10H2,1-3H3,(H2,14,15,17). The molecule has 2 amide bonds. The van der Waals surface area contributed by atoms with Gasteiger partial charge < -0.3 is 15.5 Å². The largest absolute Gasteiger partial charge is 0.338 e. The van der Waals surface area contributed by atoms with E-state index in [4.69, 9.17) is 0 Å². The number of carbonyl (C=O) groups is 1. The highest BCUT2D eigenvalue weighted by atomic mass is 16.2. The summed E-state index contributed by atoms with van der Waals surface area (Å²) in [5, 5.41) is 5.67. The summed E-state index contributed by atoms with van der Waals surface area (Å²) in [6, 6.07) is 7.60. The van der Waals surface area contributed by atoms with Gasteiger partial charge in [0.15, 0.2) is 0 Å². The van der Waals surface area contributed by atoms with Gasteiger partial charge in [-0.1, -0.05) is 18.2 Å². The lowest BCUT2D eigenvalue weighted by atomic mass is 10.2. The Bertz CT molecular complexity index is 363. The number of benzene rings is 1. The minimum Gasteiger partial charge on any atom is -0.338 e. The van der Waals surface area contributed by atoms with Gasteiger partial charge in [-0.3, -0.25) is 0 Å². The van der Waals surface area contributed by atoms with Crippen LogP contribution in [0.5, 0.6) is 0 Å². The zero-order valence-corrected chi connectivity index (χ0v) is 10.8. The Morgan fingerprint density at radius 3 is 2.65 bits per heavy atom. The molecule has 0 radical (unpaired) electrons. The van der Waals surface area contributed by atoms with Crippen molar-refractivity contribution in [2.45, 2.75) is 13.3 Å². The van der Waals surface area contributed by atoms with Gasteiger partial charge in [0.05, 0.1) is 0 Å². The number of nitrogens with one attached hydrogen (secondary N) is 2. The van der Waals surface area contributed by atoms with E-state index in [9.17, 15) is 4.79 Å². The third-order valence-electron chi connectivity index (χ3n) is 2.46. The van der Waals surface area contributed by atoms with E-state index in [1.807, 2.05) is 45.3 Å². The van der Waals surface area contributed by atoms with Crippen molar-refractivity contribution < 1.29 is 4.79 Å². The second kappa shape index (κ2) is 6.91. The van der Waals surface area contributed by atoms with E-state index < -0.39 is 0 Å². The summed E-state index contributed by atoms with van der Waals surface area (Å²) < 4.78 is 0. The highest BCUT2D eigenvalue weighted by Crippen LogP contribution is 2.12. The van der Waals surface area contributed by atoms with E-state index in [1.54, 1.807) is 0 Å². The number of anilines is 1. The van der Waals surface area contributed by atoms with Gasteiger partial charge in [-0.05, 0) is 45.6 Å². The highest BCUT2D eigenvalue weighted by molar-refractivity contribution is 5.89. The average molecular weight is 235 g/mol. The molecule has 17 heavy (non-hydrogen) atoms. The number of hydrogen-bond acceptors (Lipinski definition) is 2. The van der Waals surface area contributed by atoms with Crippen molar-refractivity contribution >= 4 is 11.7 Å². The summed E-state index contributed by atoms with van der Waals surface area (Å²) in [4.78, 5) is 13.7. The number of amides is 2. The molecule has 0 aliphatic carbocycles. The zero-order valence-electron chi connectivity index (χ0n) is 10.8. The molecule has 0 heterocycles. The van der Waals surface area contributed by atoms with Gasteiger partial charge in [0.25, 0.3) is 0 Å². The monoisotopic (exact) mass is 235 g/mol. The SMILES string of the molecule is Cc1ccccc1NC(=O)NCCCN(C)C. The Hall–Kier alpha value is -1.55. The minimum atomic E-state index is -0.141. The van der Waals surface area contributed by atoms with Crippen molar-refractivity contribution in [3.05, 3.63) is 29.8 Å². The fraction of sp³-hybridized carbons (Fsp3) is 0.462. The molecule has 0 saturated heterocycles. The van der Waals surface area contributed by atoms with E-state index in [1.165, 1.54) is 0 Å². The van der Waals surface area contributed by atoms with E-state index >= 15 is 0 Å². The highest BCUT2D eigenvalue weighted by Gasteiger charge is 2.02. The molecule has 0 atom stereocenters. The molecule has 94 valence electrons. The number of para-hydroxylation sites is 1. The first kappa shape index (κ1) is 13.5. The Morgan fingerprint density at radius 2 is 2.00 bits per heavy atom. The molecule has 2 N–H and O–H groups in total. The van der Waals surface area contributed by atoms with Crippen LogP contribution in [0.4, 0.5) is 10.5 Å². The topological polar surface area (TPSA) is 44.4 Å². The van der Waals surface area contributed by atoms with Crippen molar-refractivity contribution in [3.63, 3.8) is 0 Å². The van der Waals surface area contributed by atoms with Gasteiger partial charge in [-0.25, -0.2) is 4.79 Å². The van der Waals surface area contributed by atoms with Gasteiger partial charge in [0, 0.05) is 12.2 Å². The molecule has 0 aromatic heterocycles. The first-order valence-corrected chi connectivity index (χ1v) is 5.85. The number of aryl methyl sites for hydroxylation is 1. The maximum Gasteiger partial charge on any atom is 0.319 e. The zero-order chi connectivity index (χ0) is 12.7. The minimum absolute atomic E-state index is 0.141. The second-order valence-electron chi connectivity index (χ2n) is 4.35. The van der Waals surface area contributed by atoms with Crippen molar-refractivity contribution in [2.75, 3.05) is 32.5 Å². The molecule has 0 unspecified atom stereocenters. The molecule has 0 aliphatic heterocycles. The van der Waals surface area contributed by atoms with Crippen molar-refractivity contribution in [3.8, 4) is 0 Å². The number of rotatable bonds is 5. The molecular weight excluding hydrogens is 214 g/mol. The molecule has 1 aromatic carbocycles. The Kier molecular flexibility index (Phi) is 5.49. The summed E-state index contributed by atoms with van der Waals surface area (Å²) in [7, 11) is 4.04. The van der Waals surface area contributed by atoms with Crippen LogP contribution < -0.4 is 10.6 Å². The third kappa shape index (κ3) is 5.36. The Morgan fingerprint density at radius 1 is 1.29 bits per heavy atom. The van der Waals surface area contributed by atoms with Crippen LogP contribution in [-0.4, -0.2) is 38.1 Å². The van der Waals surface area contributed by atoms with Crippen molar-refractivity contribution in [2.24, 2.45) is 0 Å². The van der Waals surface area contributed by atoms with Crippen molar-refractivity contribution in [1.29, 1.82) is 0 Å². The smallest absolute Gasteiger partial charge is 0.319 e. The summed E-state index contributed by atoms with van der Waals surface area (Å²) in [6.45, 7) is 3.64. The van der Waals surface area contributed by atoms with E-state index in [2.05, 4.69) is 15.5 Å². The molecule has 0 bridgehead atoms. The van der Waals surface area contributed by atoms with Crippen LogP contribution >= 0.6 is 0 Å². The molecule has 1 rings (SSSR count). The van der Waals surface area contributed by atoms with E-state index in [-0.39, 0.29) is 6.03 Å². The van der Waals surface area contributed by atoms with E-state index in [0.29, 0.717) is 6.54 Å². The van der Waals surface area contributed by atoms with Gasteiger partial charge >= 0.3 is 6.03 Å². The van der Waals surface area contributed by atoms with Crippen LogP contribution in [0.3, 0.4) is 0 Å². The van der Waals surface area contributed by atoms with Crippen molar-refractivity contribution in [1.82, 2.24) is 10.2 Å². The predicted molar refractivity (Wildman–Crippen MR) is 71.4 cm³/mol. The summed E-state index contributed by atoms with van der Waals surface area (Å²) in [5.41, 5.74) is 1.92. The lowest BCUT2D eigenvalue weighted by Gasteiger charge is -2.11. The first-order chi connectivity index (χ1) is 8.09. The van der Waals surface area contributed by atoms with Crippen LogP contribution in [0.1, 0.15) is 12.0 Å². The summed E-state index contributed by atoms with van der Waals surface area (Å²) in [5.74, 6) is 0. The molecule has 0 aliphatic rings. The molecule has 4 nitrogen and oxygen atoms in total. The van der Waals surface area contributed by atoms with Gasteiger partial charge in [-0.15, -0.1) is 0 Å². The molecule has 0 saturated carbocycles.